The fourth-order valence-electron chi connectivity index (χ4n) is 3.08. The largest absolute Gasteiger partial charge is 0.338 e. The zero-order valence-electron chi connectivity index (χ0n) is 13.1. The van der Waals surface area contributed by atoms with Crippen LogP contribution in [0.4, 0.5) is 8.78 Å². The third-order valence-corrected chi connectivity index (χ3v) is 4.40. The van der Waals surface area contributed by atoms with Gasteiger partial charge in [-0.1, -0.05) is 0 Å². The summed E-state index contributed by atoms with van der Waals surface area (Å²) in [6.07, 6.45) is 1.84. The third kappa shape index (κ3) is 3.84. The van der Waals surface area contributed by atoms with E-state index in [0.29, 0.717) is 32.2 Å². The number of nitrogens with one attached hydrogen (secondary N) is 1. The topological polar surface area (TPSA) is 52.7 Å². The Morgan fingerprint density at radius 1 is 1.08 bits per heavy atom. The predicted molar refractivity (Wildman–Crippen MR) is 87.1 cm³/mol. The average molecular weight is 360 g/mol. The highest BCUT2D eigenvalue weighted by atomic mass is 35.5. The Bertz CT molecular complexity index is 615. The number of amides is 2. The van der Waals surface area contributed by atoms with Gasteiger partial charge in [0.2, 0.25) is 5.91 Å². The molecule has 0 spiro atoms. The molecule has 2 saturated heterocycles. The van der Waals surface area contributed by atoms with E-state index in [4.69, 9.17) is 0 Å². The van der Waals surface area contributed by atoms with E-state index in [-0.39, 0.29) is 29.9 Å². The van der Waals surface area contributed by atoms with Gasteiger partial charge < -0.3 is 15.1 Å². The van der Waals surface area contributed by atoms with E-state index >= 15 is 0 Å². The summed E-state index contributed by atoms with van der Waals surface area (Å²) >= 11 is 0. The molecule has 2 aliphatic heterocycles. The van der Waals surface area contributed by atoms with Crippen molar-refractivity contribution in [1.29, 1.82) is 0 Å². The fourth-order valence-corrected chi connectivity index (χ4v) is 3.08. The fraction of sp³-hybridized carbons (Fsp3) is 0.500. The van der Waals surface area contributed by atoms with Crippen LogP contribution in [-0.4, -0.2) is 60.4 Å². The van der Waals surface area contributed by atoms with Crippen LogP contribution in [0.1, 0.15) is 23.2 Å². The molecule has 1 aromatic carbocycles. The van der Waals surface area contributed by atoms with Gasteiger partial charge in [0.05, 0.1) is 11.6 Å². The van der Waals surface area contributed by atoms with E-state index in [1.165, 1.54) is 4.90 Å². The molecular weight excluding hydrogens is 340 g/mol. The molecule has 1 N–H and O–H groups in total. The molecule has 0 saturated carbocycles. The second kappa shape index (κ2) is 7.90. The van der Waals surface area contributed by atoms with Crippen molar-refractivity contribution >= 4 is 24.2 Å². The van der Waals surface area contributed by atoms with Crippen molar-refractivity contribution in [3.05, 3.63) is 35.4 Å². The van der Waals surface area contributed by atoms with Crippen LogP contribution in [0.2, 0.25) is 0 Å². The van der Waals surface area contributed by atoms with Gasteiger partial charge in [0, 0.05) is 32.2 Å². The second-order valence-corrected chi connectivity index (χ2v) is 5.89. The molecule has 1 atom stereocenters. The number of nitrogens with zero attached hydrogens (tertiary/aromatic N) is 2. The standard InChI is InChI=1S/C16H19F2N3O2.ClH/c17-11-3-4-12(13(18)10-11)15(22)20-6-8-21(9-7-20)16(23)14-2-1-5-19-14;/h3-4,10,14,19H,1-2,5-9H2;1H/t14-;/m0./s1. The Balaban J connectivity index is 0.00000208. The van der Waals surface area contributed by atoms with Gasteiger partial charge in [-0.15, -0.1) is 12.4 Å². The summed E-state index contributed by atoms with van der Waals surface area (Å²) in [6, 6.07) is 2.82. The molecule has 0 unspecified atom stereocenters. The Morgan fingerprint density at radius 3 is 2.33 bits per heavy atom. The zero-order chi connectivity index (χ0) is 16.4. The lowest BCUT2D eigenvalue weighted by molar-refractivity contribution is -0.134. The third-order valence-electron chi connectivity index (χ3n) is 4.40. The maximum Gasteiger partial charge on any atom is 0.256 e. The quantitative estimate of drug-likeness (QED) is 0.869. The van der Waals surface area contributed by atoms with Crippen LogP contribution in [0, 0.1) is 11.6 Å². The molecule has 2 heterocycles. The van der Waals surface area contributed by atoms with Gasteiger partial charge in [0.25, 0.3) is 5.91 Å². The molecule has 0 aliphatic carbocycles. The van der Waals surface area contributed by atoms with Crippen LogP contribution in [0.15, 0.2) is 18.2 Å². The SMILES string of the molecule is Cl.O=C(c1ccc(F)cc1F)N1CCN(C(=O)[C@@H]2CCCN2)CC1. The number of piperazine rings is 1. The van der Waals surface area contributed by atoms with E-state index in [0.717, 1.165) is 31.5 Å². The van der Waals surface area contributed by atoms with Crippen LogP contribution < -0.4 is 5.32 Å². The summed E-state index contributed by atoms with van der Waals surface area (Å²) in [5, 5.41) is 3.17. The summed E-state index contributed by atoms with van der Waals surface area (Å²) < 4.78 is 26.6. The van der Waals surface area contributed by atoms with E-state index in [2.05, 4.69) is 5.32 Å². The monoisotopic (exact) mass is 359 g/mol. The molecule has 3 rings (SSSR count). The van der Waals surface area contributed by atoms with Crippen molar-refractivity contribution < 1.29 is 18.4 Å². The summed E-state index contributed by atoms with van der Waals surface area (Å²) in [5.41, 5.74) is -0.136. The lowest BCUT2D eigenvalue weighted by atomic mass is 10.1. The predicted octanol–water partition coefficient (Wildman–Crippen LogP) is 1.42. The first-order chi connectivity index (χ1) is 11.1. The first-order valence-electron chi connectivity index (χ1n) is 7.83. The van der Waals surface area contributed by atoms with Gasteiger partial charge in [0.1, 0.15) is 11.6 Å². The first kappa shape index (κ1) is 18.6. The van der Waals surface area contributed by atoms with Gasteiger partial charge in [-0.3, -0.25) is 9.59 Å². The minimum atomic E-state index is -0.858. The summed E-state index contributed by atoms with van der Waals surface area (Å²) in [7, 11) is 0. The molecule has 2 amide bonds. The summed E-state index contributed by atoms with van der Waals surface area (Å²) in [6.45, 7) is 2.44. The molecule has 2 fully saturated rings. The van der Waals surface area contributed by atoms with Crippen molar-refractivity contribution in [2.45, 2.75) is 18.9 Å². The van der Waals surface area contributed by atoms with Crippen LogP contribution in [0.5, 0.6) is 0 Å². The van der Waals surface area contributed by atoms with Crippen LogP contribution in [0.3, 0.4) is 0 Å². The summed E-state index contributed by atoms with van der Waals surface area (Å²) in [4.78, 5) is 27.9. The Hall–Kier alpha value is -1.73. The van der Waals surface area contributed by atoms with Crippen LogP contribution in [-0.2, 0) is 4.79 Å². The normalized spacial score (nSPS) is 20.7. The van der Waals surface area contributed by atoms with E-state index in [1.54, 1.807) is 4.90 Å². The molecule has 0 bridgehead atoms. The average Bonchev–Trinajstić information content (AvgIpc) is 3.08. The van der Waals surface area contributed by atoms with E-state index in [9.17, 15) is 18.4 Å². The Kier molecular flexibility index (Phi) is 6.12. The molecular formula is C16H20ClF2N3O2. The van der Waals surface area contributed by atoms with Crippen molar-refractivity contribution in [3.8, 4) is 0 Å². The summed E-state index contributed by atoms with van der Waals surface area (Å²) in [5.74, 6) is -1.96. The highest BCUT2D eigenvalue weighted by molar-refractivity contribution is 5.94. The van der Waals surface area contributed by atoms with Crippen molar-refractivity contribution in [3.63, 3.8) is 0 Å². The molecule has 24 heavy (non-hydrogen) atoms. The molecule has 0 radical (unpaired) electrons. The lowest BCUT2D eigenvalue weighted by Gasteiger charge is -2.36. The highest BCUT2D eigenvalue weighted by Gasteiger charge is 2.31. The molecule has 1 aromatic rings. The molecule has 5 nitrogen and oxygen atoms in total. The van der Waals surface area contributed by atoms with Crippen molar-refractivity contribution in [2.75, 3.05) is 32.7 Å². The number of hydrogen-bond acceptors (Lipinski definition) is 3. The number of hydrogen-bond donors (Lipinski definition) is 1. The van der Waals surface area contributed by atoms with Crippen molar-refractivity contribution in [1.82, 2.24) is 15.1 Å². The van der Waals surface area contributed by atoms with Gasteiger partial charge in [-0.2, -0.15) is 0 Å². The maximum atomic E-state index is 13.7. The highest BCUT2D eigenvalue weighted by Crippen LogP contribution is 2.15. The number of rotatable bonds is 2. The minimum absolute atomic E-state index is 0. The molecule has 132 valence electrons. The van der Waals surface area contributed by atoms with Crippen molar-refractivity contribution in [2.24, 2.45) is 0 Å². The van der Waals surface area contributed by atoms with Gasteiger partial charge in [-0.05, 0) is 31.5 Å². The second-order valence-electron chi connectivity index (χ2n) is 5.89. The first-order valence-corrected chi connectivity index (χ1v) is 7.83. The zero-order valence-corrected chi connectivity index (χ0v) is 14.0. The van der Waals surface area contributed by atoms with E-state index in [1.807, 2.05) is 0 Å². The molecule has 8 heteroatoms. The van der Waals surface area contributed by atoms with Gasteiger partial charge in [0.15, 0.2) is 0 Å². The lowest BCUT2D eigenvalue weighted by Crippen LogP contribution is -2.54. The Morgan fingerprint density at radius 2 is 1.75 bits per heavy atom. The van der Waals surface area contributed by atoms with E-state index < -0.39 is 17.5 Å². The Labute approximate surface area is 145 Å². The number of carbonyl (C=O) groups is 2. The molecule has 2 aliphatic rings. The van der Waals surface area contributed by atoms with Crippen LogP contribution >= 0.6 is 12.4 Å². The number of benzene rings is 1. The van der Waals surface area contributed by atoms with Gasteiger partial charge >= 0.3 is 0 Å². The molecule has 0 aromatic heterocycles. The number of halogens is 3. The van der Waals surface area contributed by atoms with Gasteiger partial charge in [-0.25, -0.2) is 8.78 Å². The number of carbonyl (C=O) groups excluding carboxylic acids is 2. The smallest absolute Gasteiger partial charge is 0.256 e. The van der Waals surface area contributed by atoms with Crippen LogP contribution in [0.25, 0.3) is 0 Å². The minimum Gasteiger partial charge on any atom is -0.338 e. The maximum absolute atomic E-state index is 13.7.